The van der Waals surface area contributed by atoms with E-state index in [2.05, 4.69) is 22.0 Å². The third kappa shape index (κ3) is 5.41. The van der Waals surface area contributed by atoms with Crippen LogP contribution in [0.25, 0.3) is 11.6 Å². The first-order chi connectivity index (χ1) is 14.0. The SMILES string of the molecule is COc1cc(/C=C(/C#N)c2ccc(C)cc2)c(Br)cc1OCc1ccc(Cl)cc1. The molecule has 0 spiro atoms. The molecule has 3 aromatic rings. The van der Waals surface area contributed by atoms with E-state index in [4.69, 9.17) is 21.1 Å². The van der Waals surface area contributed by atoms with E-state index in [1.807, 2.05) is 73.7 Å². The van der Waals surface area contributed by atoms with Crippen LogP contribution in [0.15, 0.2) is 65.1 Å². The highest BCUT2D eigenvalue weighted by Gasteiger charge is 2.11. The molecule has 0 fully saturated rings. The first-order valence-electron chi connectivity index (χ1n) is 8.94. The summed E-state index contributed by atoms with van der Waals surface area (Å²) >= 11 is 9.51. The topological polar surface area (TPSA) is 42.2 Å². The van der Waals surface area contributed by atoms with E-state index in [-0.39, 0.29) is 0 Å². The molecule has 0 aromatic heterocycles. The zero-order valence-electron chi connectivity index (χ0n) is 16.1. The molecule has 29 heavy (non-hydrogen) atoms. The van der Waals surface area contributed by atoms with Crippen LogP contribution in [-0.4, -0.2) is 7.11 Å². The molecule has 0 saturated carbocycles. The molecule has 0 aliphatic carbocycles. The number of nitrogens with zero attached hydrogens (tertiary/aromatic N) is 1. The Hall–Kier alpha value is -2.74. The van der Waals surface area contributed by atoms with E-state index < -0.39 is 0 Å². The van der Waals surface area contributed by atoms with Gasteiger partial charge in [-0.2, -0.15) is 5.26 Å². The predicted octanol–water partition coefficient (Wildman–Crippen LogP) is 7.06. The van der Waals surface area contributed by atoms with Gasteiger partial charge in [-0.25, -0.2) is 0 Å². The molecule has 0 N–H and O–H groups in total. The molecule has 0 bridgehead atoms. The van der Waals surface area contributed by atoms with Crippen LogP contribution in [0.5, 0.6) is 11.5 Å². The first kappa shape index (κ1) is 21.0. The summed E-state index contributed by atoms with van der Waals surface area (Å²) < 4.78 is 12.3. The van der Waals surface area contributed by atoms with E-state index in [1.54, 1.807) is 7.11 Å². The highest BCUT2D eigenvalue weighted by molar-refractivity contribution is 9.10. The van der Waals surface area contributed by atoms with Gasteiger partial charge in [0.2, 0.25) is 0 Å². The Balaban J connectivity index is 1.88. The molecule has 0 radical (unpaired) electrons. The molecule has 0 aliphatic heterocycles. The van der Waals surface area contributed by atoms with Gasteiger partial charge < -0.3 is 9.47 Å². The minimum Gasteiger partial charge on any atom is -0.493 e. The Bertz CT molecular complexity index is 1070. The lowest BCUT2D eigenvalue weighted by Gasteiger charge is -2.13. The number of benzene rings is 3. The second-order valence-electron chi connectivity index (χ2n) is 6.48. The maximum Gasteiger partial charge on any atom is 0.162 e. The Morgan fingerprint density at radius 1 is 1.07 bits per heavy atom. The number of hydrogen-bond donors (Lipinski definition) is 0. The molecular formula is C24H19BrClNO2. The maximum absolute atomic E-state index is 9.61. The highest BCUT2D eigenvalue weighted by Crippen LogP contribution is 2.36. The summed E-state index contributed by atoms with van der Waals surface area (Å²) in [7, 11) is 1.59. The fraction of sp³-hybridized carbons (Fsp3) is 0.125. The third-order valence-electron chi connectivity index (χ3n) is 4.37. The summed E-state index contributed by atoms with van der Waals surface area (Å²) in [6.07, 6.45) is 1.83. The molecule has 3 rings (SSSR count). The third-order valence-corrected chi connectivity index (χ3v) is 5.31. The fourth-order valence-corrected chi connectivity index (χ4v) is 3.31. The molecule has 0 saturated heterocycles. The van der Waals surface area contributed by atoms with Crippen molar-refractivity contribution in [1.82, 2.24) is 0 Å². The van der Waals surface area contributed by atoms with Crippen LogP contribution in [0.4, 0.5) is 0 Å². The van der Waals surface area contributed by atoms with Gasteiger partial charge in [0.1, 0.15) is 6.61 Å². The van der Waals surface area contributed by atoms with Crippen LogP contribution < -0.4 is 9.47 Å². The van der Waals surface area contributed by atoms with Crippen molar-refractivity contribution in [2.24, 2.45) is 0 Å². The lowest BCUT2D eigenvalue weighted by atomic mass is 10.0. The van der Waals surface area contributed by atoms with Gasteiger partial charge in [-0.15, -0.1) is 0 Å². The molecule has 5 heteroatoms. The molecule has 146 valence electrons. The smallest absolute Gasteiger partial charge is 0.162 e. The van der Waals surface area contributed by atoms with E-state index in [0.29, 0.717) is 28.7 Å². The Morgan fingerprint density at radius 3 is 2.38 bits per heavy atom. The van der Waals surface area contributed by atoms with Crippen LogP contribution in [-0.2, 0) is 6.61 Å². The quantitative estimate of drug-likeness (QED) is 0.287. The summed E-state index contributed by atoms with van der Waals surface area (Å²) in [6.45, 7) is 2.41. The molecule has 0 heterocycles. The first-order valence-corrected chi connectivity index (χ1v) is 10.1. The Labute approximate surface area is 184 Å². The summed E-state index contributed by atoms with van der Waals surface area (Å²) in [5, 5.41) is 10.3. The van der Waals surface area contributed by atoms with Crippen LogP contribution in [0, 0.1) is 18.3 Å². The molecule has 0 unspecified atom stereocenters. The number of aryl methyl sites for hydroxylation is 1. The minimum absolute atomic E-state index is 0.391. The van der Waals surface area contributed by atoms with Crippen molar-refractivity contribution >= 4 is 39.2 Å². The molecule has 0 atom stereocenters. The van der Waals surface area contributed by atoms with Gasteiger partial charge in [0.05, 0.1) is 18.8 Å². The lowest BCUT2D eigenvalue weighted by Crippen LogP contribution is -1.98. The minimum atomic E-state index is 0.391. The largest absolute Gasteiger partial charge is 0.493 e. The van der Waals surface area contributed by atoms with Gasteiger partial charge in [-0.05, 0) is 54.0 Å². The van der Waals surface area contributed by atoms with Crippen LogP contribution in [0.3, 0.4) is 0 Å². The van der Waals surface area contributed by atoms with Crippen molar-refractivity contribution in [3.05, 3.63) is 92.4 Å². The Morgan fingerprint density at radius 2 is 1.76 bits per heavy atom. The maximum atomic E-state index is 9.61. The van der Waals surface area contributed by atoms with E-state index in [0.717, 1.165) is 26.7 Å². The van der Waals surface area contributed by atoms with Crippen molar-refractivity contribution in [2.45, 2.75) is 13.5 Å². The zero-order valence-corrected chi connectivity index (χ0v) is 18.4. The molecule has 0 amide bonds. The number of allylic oxidation sites excluding steroid dienone is 1. The fourth-order valence-electron chi connectivity index (χ4n) is 2.74. The monoisotopic (exact) mass is 467 g/mol. The van der Waals surface area contributed by atoms with E-state index in [9.17, 15) is 5.26 Å². The summed E-state index contributed by atoms with van der Waals surface area (Å²) in [4.78, 5) is 0. The number of hydrogen-bond acceptors (Lipinski definition) is 3. The van der Waals surface area contributed by atoms with Crippen molar-refractivity contribution in [2.75, 3.05) is 7.11 Å². The second-order valence-corrected chi connectivity index (χ2v) is 7.77. The number of ether oxygens (including phenoxy) is 2. The van der Waals surface area contributed by atoms with E-state index in [1.165, 1.54) is 0 Å². The van der Waals surface area contributed by atoms with Gasteiger partial charge in [0, 0.05) is 9.50 Å². The summed E-state index contributed by atoms with van der Waals surface area (Å²) in [5.41, 5.74) is 4.42. The summed E-state index contributed by atoms with van der Waals surface area (Å²) in [6, 6.07) is 21.3. The average molecular weight is 469 g/mol. The predicted molar refractivity (Wildman–Crippen MR) is 121 cm³/mol. The normalized spacial score (nSPS) is 11.1. The number of rotatable bonds is 6. The number of halogens is 2. The zero-order chi connectivity index (χ0) is 20.8. The molecule has 3 nitrogen and oxygen atoms in total. The average Bonchev–Trinajstić information content (AvgIpc) is 2.73. The van der Waals surface area contributed by atoms with Gasteiger partial charge >= 0.3 is 0 Å². The van der Waals surface area contributed by atoms with Crippen molar-refractivity contribution < 1.29 is 9.47 Å². The molecular weight excluding hydrogens is 450 g/mol. The number of nitriles is 1. The highest BCUT2D eigenvalue weighted by atomic mass is 79.9. The molecule has 0 aliphatic rings. The van der Waals surface area contributed by atoms with Crippen LogP contribution in [0.2, 0.25) is 5.02 Å². The van der Waals surface area contributed by atoms with Crippen LogP contribution >= 0.6 is 27.5 Å². The molecule has 3 aromatic carbocycles. The second kappa shape index (κ2) is 9.65. The van der Waals surface area contributed by atoms with Gasteiger partial charge in [-0.1, -0.05) is 69.5 Å². The van der Waals surface area contributed by atoms with Crippen molar-refractivity contribution in [1.29, 1.82) is 5.26 Å². The Kier molecular flexibility index (Phi) is 6.98. The van der Waals surface area contributed by atoms with E-state index >= 15 is 0 Å². The van der Waals surface area contributed by atoms with Gasteiger partial charge in [0.15, 0.2) is 11.5 Å². The van der Waals surface area contributed by atoms with Gasteiger partial charge in [-0.3, -0.25) is 0 Å². The summed E-state index contributed by atoms with van der Waals surface area (Å²) in [5.74, 6) is 1.20. The van der Waals surface area contributed by atoms with Gasteiger partial charge in [0.25, 0.3) is 0 Å². The number of methoxy groups -OCH3 is 1. The standard InChI is InChI=1S/C24H19BrClNO2/c1-16-3-7-18(8-4-16)20(14-27)11-19-12-23(28-2)24(13-22(19)25)29-15-17-5-9-21(26)10-6-17/h3-13H,15H2,1-2H3/b20-11-. The van der Waals surface area contributed by atoms with Crippen LogP contribution in [0.1, 0.15) is 22.3 Å². The lowest BCUT2D eigenvalue weighted by molar-refractivity contribution is 0.284. The van der Waals surface area contributed by atoms with Crippen molar-refractivity contribution in [3.63, 3.8) is 0 Å². The van der Waals surface area contributed by atoms with Crippen molar-refractivity contribution in [3.8, 4) is 17.6 Å².